The molecule has 0 spiro atoms. The summed E-state index contributed by atoms with van der Waals surface area (Å²) in [7, 11) is 0. The smallest absolute Gasteiger partial charge is 0.343 e. The number of esters is 1. The molecule has 80 valence electrons. The molecular weight excluding hydrogens is 196 g/mol. The first-order chi connectivity index (χ1) is 7.27. The largest absolute Gasteiger partial charge is 0.423 e. The third-order valence-corrected chi connectivity index (χ3v) is 1.65. The van der Waals surface area contributed by atoms with Crippen molar-refractivity contribution in [1.29, 1.82) is 0 Å². The van der Waals surface area contributed by atoms with Crippen LogP contribution in [0.4, 0.5) is 0 Å². The summed E-state index contributed by atoms with van der Waals surface area (Å²) in [5.74, 6) is -0.0226. The molecule has 2 N–H and O–H groups in total. The molecule has 4 nitrogen and oxygen atoms in total. The van der Waals surface area contributed by atoms with Gasteiger partial charge in [0.15, 0.2) is 0 Å². The van der Waals surface area contributed by atoms with Gasteiger partial charge in [0, 0.05) is 0 Å². The van der Waals surface area contributed by atoms with Crippen molar-refractivity contribution in [3.8, 4) is 0 Å². The van der Waals surface area contributed by atoms with Gasteiger partial charge in [0.1, 0.15) is 5.76 Å². The molecule has 0 saturated heterocycles. The molecule has 1 heterocycles. The van der Waals surface area contributed by atoms with E-state index in [1.54, 1.807) is 18.2 Å². The Bertz CT molecular complexity index is 348. The van der Waals surface area contributed by atoms with Crippen LogP contribution in [0.2, 0.25) is 0 Å². The van der Waals surface area contributed by atoms with E-state index in [1.807, 2.05) is 0 Å². The van der Waals surface area contributed by atoms with Gasteiger partial charge >= 0.3 is 5.97 Å². The molecule has 0 aliphatic carbocycles. The first kappa shape index (κ1) is 11.4. The van der Waals surface area contributed by atoms with Crippen LogP contribution in [0.1, 0.15) is 0 Å². The zero-order valence-electron chi connectivity index (χ0n) is 8.09. The maximum absolute atomic E-state index is 11.2. The van der Waals surface area contributed by atoms with Gasteiger partial charge in [-0.2, -0.15) is 0 Å². The second kappa shape index (κ2) is 5.95. The third-order valence-electron chi connectivity index (χ3n) is 1.65. The summed E-state index contributed by atoms with van der Waals surface area (Å²) in [6, 6.07) is 0. The van der Waals surface area contributed by atoms with Crippen LogP contribution < -0.4 is 0 Å². The SMILES string of the molecule is O=C1O/C(=C\C=C\CO)C=C1/C=C/CO. The molecule has 0 bridgehead atoms. The topological polar surface area (TPSA) is 66.8 Å². The number of ether oxygens (including phenoxy) is 1. The van der Waals surface area contributed by atoms with Crippen LogP contribution in [-0.2, 0) is 9.53 Å². The lowest BCUT2D eigenvalue weighted by atomic mass is 10.2. The molecule has 0 fully saturated rings. The molecule has 0 radical (unpaired) electrons. The van der Waals surface area contributed by atoms with Crippen molar-refractivity contribution in [3.63, 3.8) is 0 Å². The number of rotatable bonds is 4. The molecular formula is C11H12O4. The molecule has 0 unspecified atom stereocenters. The normalized spacial score (nSPS) is 19.2. The van der Waals surface area contributed by atoms with Crippen LogP contribution in [-0.4, -0.2) is 29.4 Å². The quantitative estimate of drug-likeness (QED) is 0.658. The maximum atomic E-state index is 11.2. The van der Waals surface area contributed by atoms with Crippen molar-refractivity contribution in [1.82, 2.24) is 0 Å². The van der Waals surface area contributed by atoms with Crippen LogP contribution in [0.5, 0.6) is 0 Å². The molecule has 1 aliphatic heterocycles. The maximum Gasteiger partial charge on any atom is 0.343 e. The fourth-order valence-corrected chi connectivity index (χ4v) is 1.01. The number of hydrogen-bond donors (Lipinski definition) is 2. The predicted octanol–water partition coefficient (Wildman–Crippen LogP) is 0.450. The average Bonchev–Trinajstić information content (AvgIpc) is 2.57. The number of hydrogen-bond acceptors (Lipinski definition) is 4. The van der Waals surface area contributed by atoms with E-state index >= 15 is 0 Å². The van der Waals surface area contributed by atoms with E-state index in [0.29, 0.717) is 11.3 Å². The third kappa shape index (κ3) is 3.53. The van der Waals surface area contributed by atoms with Gasteiger partial charge in [-0.3, -0.25) is 0 Å². The van der Waals surface area contributed by atoms with Gasteiger partial charge in [-0.1, -0.05) is 18.2 Å². The van der Waals surface area contributed by atoms with E-state index in [0.717, 1.165) is 0 Å². The van der Waals surface area contributed by atoms with Gasteiger partial charge in [0.2, 0.25) is 0 Å². The molecule has 0 amide bonds. The summed E-state index contributed by atoms with van der Waals surface area (Å²) in [6.07, 6.45) is 9.22. The van der Waals surface area contributed by atoms with Crippen molar-refractivity contribution in [3.05, 3.63) is 47.8 Å². The van der Waals surface area contributed by atoms with E-state index in [2.05, 4.69) is 0 Å². The van der Waals surface area contributed by atoms with Gasteiger partial charge in [-0.15, -0.1) is 0 Å². The van der Waals surface area contributed by atoms with Crippen molar-refractivity contribution in [2.24, 2.45) is 0 Å². The average molecular weight is 208 g/mol. The zero-order chi connectivity index (χ0) is 11.1. The summed E-state index contributed by atoms with van der Waals surface area (Å²) in [4.78, 5) is 11.2. The highest BCUT2D eigenvalue weighted by Crippen LogP contribution is 2.17. The zero-order valence-corrected chi connectivity index (χ0v) is 8.09. The number of aliphatic hydroxyl groups is 2. The number of allylic oxidation sites excluding steroid dienone is 3. The van der Waals surface area contributed by atoms with Crippen LogP contribution >= 0.6 is 0 Å². The fraction of sp³-hybridized carbons (Fsp3) is 0.182. The number of carbonyl (C=O) groups excluding carboxylic acids is 1. The highest BCUT2D eigenvalue weighted by molar-refractivity contribution is 5.95. The van der Waals surface area contributed by atoms with E-state index in [9.17, 15) is 4.79 Å². The highest BCUT2D eigenvalue weighted by Gasteiger charge is 2.17. The Labute approximate surface area is 87.5 Å². The Morgan fingerprint density at radius 3 is 2.67 bits per heavy atom. The Kier molecular flexibility index (Phi) is 4.53. The molecule has 0 aromatic carbocycles. The number of carbonyl (C=O) groups is 1. The molecule has 0 aromatic rings. The molecule has 0 saturated carbocycles. The summed E-state index contributed by atoms with van der Waals surface area (Å²) in [6.45, 7) is -0.174. The molecule has 0 atom stereocenters. The van der Waals surface area contributed by atoms with Crippen molar-refractivity contribution in [2.75, 3.05) is 13.2 Å². The van der Waals surface area contributed by atoms with Gasteiger partial charge in [0.05, 0.1) is 18.8 Å². The lowest BCUT2D eigenvalue weighted by Gasteiger charge is -1.92. The highest BCUT2D eigenvalue weighted by atomic mass is 16.5. The monoisotopic (exact) mass is 208 g/mol. The summed E-state index contributed by atoms with van der Waals surface area (Å²) < 4.78 is 4.88. The lowest BCUT2D eigenvalue weighted by molar-refractivity contribution is -0.132. The first-order valence-corrected chi connectivity index (χ1v) is 4.47. The Balaban J connectivity index is 2.70. The first-order valence-electron chi connectivity index (χ1n) is 4.47. The van der Waals surface area contributed by atoms with Crippen LogP contribution in [0.25, 0.3) is 0 Å². The molecule has 1 aliphatic rings. The minimum Gasteiger partial charge on any atom is -0.423 e. The second-order valence-electron chi connectivity index (χ2n) is 2.75. The van der Waals surface area contributed by atoms with Crippen LogP contribution in [0, 0.1) is 0 Å². The second-order valence-corrected chi connectivity index (χ2v) is 2.75. The minimum absolute atomic E-state index is 0.0568. The Morgan fingerprint density at radius 1 is 1.27 bits per heavy atom. The van der Waals surface area contributed by atoms with E-state index in [-0.39, 0.29) is 13.2 Å². The Morgan fingerprint density at radius 2 is 2.00 bits per heavy atom. The van der Waals surface area contributed by atoms with Crippen LogP contribution in [0.3, 0.4) is 0 Å². The standard InChI is InChI=1S/C11H12O4/c12-6-2-1-5-10-8-9(4-3-7-13)11(14)15-10/h1-5,8,12-13H,6-7H2/b2-1+,4-3+,10-5-. The van der Waals surface area contributed by atoms with Gasteiger partial charge in [0.25, 0.3) is 0 Å². The van der Waals surface area contributed by atoms with E-state index < -0.39 is 5.97 Å². The Hall–Kier alpha value is -1.65. The van der Waals surface area contributed by atoms with Crippen molar-refractivity contribution < 1.29 is 19.7 Å². The molecule has 1 rings (SSSR count). The van der Waals surface area contributed by atoms with Gasteiger partial charge in [-0.25, -0.2) is 4.79 Å². The molecule has 4 heteroatoms. The number of cyclic esters (lactones) is 1. The van der Waals surface area contributed by atoms with Gasteiger partial charge < -0.3 is 14.9 Å². The van der Waals surface area contributed by atoms with Crippen molar-refractivity contribution in [2.45, 2.75) is 0 Å². The van der Waals surface area contributed by atoms with Crippen LogP contribution in [0.15, 0.2) is 47.8 Å². The van der Waals surface area contributed by atoms with Gasteiger partial charge in [-0.05, 0) is 18.2 Å². The van der Waals surface area contributed by atoms with E-state index in [4.69, 9.17) is 14.9 Å². The lowest BCUT2D eigenvalue weighted by Crippen LogP contribution is -1.96. The predicted molar refractivity (Wildman–Crippen MR) is 54.7 cm³/mol. The fourth-order valence-electron chi connectivity index (χ4n) is 1.01. The minimum atomic E-state index is -0.441. The summed E-state index contributed by atoms with van der Waals surface area (Å²) >= 11 is 0. The molecule has 0 aromatic heterocycles. The molecule has 15 heavy (non-hydrogen) atoms. The summed E-state index contributed by atoms with van der Waals surface area (Å²) in [5, 5.41) is 17.0. The number of aliphatic hydroxyl groups excluding tert-OH is 2. The van der Waals surface area contributed by atoms with Crippen molar-refractivity contribution >= 4 is 5.97 Å². The summed E-state index contributed by atoms with van der Waals surface area (Å²) in [5.41, 5.74) is 0.396. The van der Waals surface area contributed by atoms with E-state index in [1.165, 1.54) is 18.2 Å².